The van der Waals surface area contributed by atoms with Gasteiger partial charge in [-0.25, -0.2) is 8.42 Å². The molecule has 0 fully saturated rings. The minimum atomic E-state index is -4.37. The Bertz CT molecular complexity index is 863. The Morgan fingerprint density at radius 2 is 1.04 bits per heavy atom. The standard InChI is InChI=1S/C12H8N2O8S.2Na/c15-11-3-1-7(5-9(11)13(17)18)23(21,22)8-2-4-12(16)10(6-8)14(19)20;;/h1-6,15-16H;;/q;2*+1/p-2. The van der Waals surface area contributed by atoms with Crippen molar-refractivity contribution in [2.45, 2.75) is 9.79 Å². The molecule has 0 bridgehead atoms. The van der Waals surface area contributed by atoms with Gasteiger partial charge in [-0.05, 0) is 23.6 Å². The van der Waals surface area contributed by atoms with Crippen LogP contribution in [0.4, 0.5) is 11.4 Å². The van der Waals surface area contributed by atoms with Gasteiger partial charge >= 0.3 is 59.1 Å². The molecule has 2 aromatic rings. The summed E-state index contributed by atoms with van der Waals surface area (Å²) in [6.45, 7) is 0. The summed E-state index contributed by atoms with van der Waals surface area (Å²) in [7, 11) is -4.37. The number of hydrogen-bond acceptors (Lipinski definition) is 8. The van der Waals surface area contributed by atoms with Gasteiger partial charge < -0.3 is 10.2 Å². The second-order valence-electron chi connectivity index (χ2n) is 4.28. The van der Waals surface area contributed by atoms with Crippen LogP contribution < -0.4 is 69.3 Å². The van der Waals surface area contributed by atoms with E-state index in [4.69, 9.17) is 0 Å². The van der Waals surface area contributed by atoms with Crippen molar-refractivity contribution in [3.63, 3.8) is 0 Å². The molecule has 0 saturated carbocycles. The van der Waals surface area contributed by atoms with E-state index < -0.39 is 52.3 Å². The molecule has 0 N–H and O–H groups in total. The fourth-order valence-corrected chi connectivity index (χ4v) is 3.05. The van der Waals surface area contributed by atoms with Crippen LogP contribution in [0.1, 0.15) is 0 Å². The van der Waals surface area contributed by atoms with Crippen molar-refractivity contribution in [1.82, 2.24) is 0 Å². The maximum atomic E-state index is 12.4. The van der Waals surface area contributed by atoms with Gasteiger partial charge in [0.2, 0.25) is 9.84 Å². The average molecular weight is 384 g/mol. The van der Waals surface area contributed by atoms with Gasteiger partial charge in [0.1, 0.15) is 0 Å². The summed E-state index contributed by atoms with van der Waals surface area (Å²) in [4.78, 5) is 18.2. The molecule has 2 rings (SSSR count). The summed E-state index contributed by atoms with van der Waals surface area (Å²) in [6, 6.07) is 4.25. The molecule has 0 aliphatic carbocycles. The Balaban J connectivity index is 0.00000288. The zero-order chi connectivity index (χ0) is 17.4. The molecule has 2 aromatic carbocycles. The Kier molecular flexibility index (Phi) is 8.51. The first kappa shape index (κ1) is 23.8. The fourth-order valence-electron chi connectivity index (χ4n) is 1.75. The van der Waals surface area contributed by atoms with E-state index in [1.807, 2.05) is 0 Å². The number of nitrogens with zero attached hydrogens (tertiary/aromatic N) is 2. The van der Waals surface area contributed by atoms with Gasteiger partial charge in [0.25, 0.3) is 11.4 Å². The normalized spacial score (nSPS) is 10.2. The molecule has 13 heteroatoms. The molecule has 10 nitrogen and oxygen atoms in total. The molecule has 0 amide bonds. The second-order valence-corrected chi connectivity index (χ2v) is 6.23. The van der Waals surface area contributed by atoms with Crippen LogP contribution in [-0.4, -0.2) is 18.3 Å². The number of hydrogen-bond donors (Lipinski definition) is 0. The molecule has 0 aliphatic rings. The number of benzene rings is 2. The van der Waals surface area contributed by atoms with Crippen molar-refractivity contribution in [2.24, 2.45) is 0 Å². The van der Waals surface area contributed by atoms with Crippen LogP contribution in [0.15, 0.2) is 46.2 Å². The monoisotopic (exact) mass is 384 g/mol. The van der Waals surface area contributed by atoms with Gasteiger partial charge in [0.15, 0.2) is 0 Å². The molecule has 0 unspecified atom stereocenters. The minimum Gasteiger partial charge on any atom is -0.868 e. The van der Waals surface area contributed by atoms with Crippen molar-refractivity contribution in [3.05, 3.63) is 56.6 Å². The van der Waals surface area contributed by atoms with Crippen LogP contribution >= 0.6 is 0 Å². The van der Waals surface area contributed by atoms with Crippen molar-refractivity contribution in [2.75, 3.05) is 0 Å². The van der Waals surface area contributed by atoms with Gasteiger partial charge in [0.05, 0.1) is 19.6 Å². The number of rotatable bonds is 4. The van der Waals surface area contributed by atoms with Crippen molar-refractivity contribution in [3.8, 4) is 11.5 Å². The topological polar surface area (TPSA) is 167 Å². The molecule has 0 atom stereocenters. The van der Waals surface area contributed by atoms with E-state index in [-0.39, 0.29) is 59.1 Å². The minimum absolute atomic E-state index is 0. The molecule has 0 aromatic heterocycles. The largest absolute Gasteiger partial charge is 1.00 e. The Morgan fingerprint density at radius 1 is 0.720 bits per heavy atom. The molecule has 25 heavy (non-hydrogen) atoms. The van der Waals surface area contributed by atoms with Crippen molar-refractivity contribution in [1.29, 1.82) is 0 Å². The van der Waals surface area contributed by atoms with E-state index in [1.165, 1.54) is 0 Å². The third kappa shape index (κ3) is 4.91. The fraction of sp³-hybridized carbons (Fsp3) is 0. The Labute approximate surface area is 185 Å². The maximum Gasteiger partial charge on any atom is 1.00 e. The average Bonchev–Trinajstić information content (AvgIpc) is 2.47. The predicted octanol–water partition coefficient (Wildman–Crippen LogP) is -5.51. The number of nitro benzene ring substituents is 2. The van der Waals surface area contributed by atoms with Crippen molar-refractivity contribution < 1.29 is 87.6 Å². The first-order valence-electron chi connectivity index (χ1n) is 5.80. The summed E-state index contributed by atoms with van der Waals surface area (Å²) in [5, 5.41) is 44.0. The molecular weight excluding hydrogens is 378 g/mol. The Hall–Kier alpha value is -1.21. The van der Waals surface area contributed by atoms with Crippen LogP contribution in [-0.2, 0) is 9.84 Å². The summed E-state index contributed by atoms with van der Waals surface area (Å²) in [5.74, 6) is -1.95. The quantitative estimate of drug-likeness (QED) is 0.286. The molecule has 120 valence electrons. The van der Waals surface area contributed by atoms with Gasteiger partial charge in [-0.15, -0.1) is 0 Å². The smallest absolute Gasteiger partial charge is 0.868 e. The van der Waals surface area contributed by atoms with E-state index in [0.29, 0.717) is 24.3 Å². The van der Waals surface area contributed by atoms with Crippen LogP contribution in [0.2, 0.25) is 0 Å². The molecule has 0 spiro atoms. The van der Waals surface area contributed by atoms with Gasteiger partial charge in [0, 0.05) is 12.1 Å². The first-order valence-corrected chi connectivity index (χ1v) is 7.29. The van der Waals surface area contributed by atoms with Crippen LogP contribution in [0.5, 0.6) is 11.5 Å². The van der Waals surface area contributed by atoms with E-state index in [0.717, 1.165) is 12.1 Å². The second kappa shape index (κ2) is 8.94. The van der Waals surface area contributed by atoms with E-state index in [2.05, 4.69) is 0 Å². The number of sulfone groups is 1. The zero-order valence-electron chi connectivity index (χ0n) is 13.0. The third-order valence-electron chi connectivity index (χ3n) is 2.87. The Morgan fingerprint density at radius 3 is 1.32 bits per heavy atom. The summed E-state index contributed by atoms with van der Waals surface area (Å²) in [6.07, 6.45) is 0. The van der Waals surface area contributed by atoms with Crippen LogP contribution in [0.3, 0.4) is 0 Å². The predicted molar refractivity (Wildman–Crippen MR) is 70.5 cm³/mol. The molecule has 0 saturated heterocycles. The maximum absolute atomic E-state index is 12.4. The number of nitro groups is 2. The summed E-state index contributed by atoms with van der Waals surface area (Å²) >= 11 is 0. The molecule has 0 heterocycles. The van der Waals surface area contributed by atoms with E-state index in [9.17, 15) is 38.9 Å². The van der Waals surface area contributed by atoms with Crippen molar-refractivity contribution >= 4 is 21.2 Å². The SMILES string of the molecule is O=[N+]([O-])c1cc(S(=O)(=O)c2ccc([O-])c([N+](=O)[O-])c2)ccc1[O-].[Na+].[Na+]. The summed E-state index contributed by atoms with van der Waals surface area (Å²) in [5.41, 5.74) is -1.89. The van der Waals surface area contributed by atoms with Gasteiger partial charge in [-0.1, -0.05) is 12.1 Å². The first-order chi connectivity index (χ1) is 10.6. The molecule has 0 radical (unpaired) electrons. The molecule has 0 aliphatic heterocycles. The zero-order valence-corrected chi connectivity index (χ0v) is 17.8. The van der Waals surface area contributed by atoms with Gasteiger partial charge in [-0.3, -0.25) is 20.2 Å². The van der Waals surface area contributed by atoms with Gasteiger partial charge in [-0.2, -0.15) is 0 Å². The third-order valence-corrected chi connectivity index (χ3v) is 4.62. The summed E-state index contributed by atoms with van der Waals surface area (Å²) < 4.78 is 24.7. The van der Waals surface area contributed by atoms with Crippen LogP contribution in [0.25, 0.3) is 0 Å². The van der Waals surface area contributed by atoms with E-state index >= 15 is 0 Å². The molecular formula is C12H6N2Na2O8S. The van der Waals surface area contributed by atoms with Crippen LogP contribution in [0, 0.1) is 20.2 Å². The van der Waals surface area contributed by atoms with E-state index in [1.54, 1.807) is 0 Å².